The second-order valence-electron chi connectivity index (χ2n) is 27.0. The fraction of sp³-hybridized carbons (Fsp3) is 0.581. The molecule has 562 valence electrons. The van der Waals surface area contributed by atoms with Gasteiger partial charge in [-0.25, -0.2) is 19.5 Å². The summed E-state index contributed by atoms with van der Waals surface area (Å²) >= 11 is 3.84. The minimum Gasteiger partial charge on any atom is -0.378 e. The Kier molecular flexibility index (Phi) is 30.7. The van der Waals surface area contributed by atoms with Crippen molar-refractivity contribution in [3.63, 3.8) is 0 Å². The van der Waals surface area contributed by atoms with Crippen molar-refractivity contribution in [2.75, 3.05) is 88.9 Å². The number of hydrogen-bond acceptors (Lipinski definition) is 24. The van der Waals surface area contributed by atoms with Crippen LogP contribution in [-0.4, -0.2) is 204 Å². The van der Waals surface area contributed by atoms with Crippen molar-refractivity contribution in [2.45, 2.75) is 189 Å². The van der Waals surface area contributed by atoms with Crippen LogP contribution in [0.25, 0.3) is 22.5 Å². The van der Waals surface area contributed by atoms with Gasteiger partial charge in [0.15, 0.2) is 11.9 Å². The third-order valence-electron chi connectivity index (χ3n) is 19.0. The number of aromatic nitrogens is 3. The number of aliphatic imine (C=N–C) groups is 2. The summed E-state index contributed by atoms with van der Waals surface area (Å²) in [6.45, 7) is 3.67. The number of nitrogens with one attached hydrogen (secondary N) is 5. The molecule has 0 saturated carbocycles. The number of nitrogens with two attached hydrogens (primary N) is 2. The van der Waals surface area contributed by atoms with Gasteiger partial charge in [0, 0.05) is 116 Å². The molecular formula is C74H100N14O14S2. The van der Waals surface area contributed by atoms with Crippen LogP contribution in [0.4, 0.5) is 5.69 Å². The van der Waals surface area contributed by atoms with E-state index in [9.17, 15) is 43.2 Å². The van der Waals surface area contributed by atoms with Crippen molar-refractivity contribution in [1.29, 1.82) is 0 Å². The van der Waals surface area contributed by atoms with E-state index in [1.807, 2.05) is 78.1 Å². The van der Waals surface area contributed by atoms with Crippen LogP contribution in [0.2, 0.25) is 0 Å². The van der Waals surface area contributed by atoms with Crippen LogP contribution < -0.4 is 43.0 Å². The highest BCUT2D eigenvalue weighted by Crippen LogP contribution is 2.42. The second-order valence-corrected chi connectivity index (χ2v) is 29.5. The number of fused-ring (bicyclic) bond motifs is 7. The Morgan fingerprint density at radius 3 is 1.67 bits per heavy atom. The van der Waals surface area contributed by atoms with Crippen LogP contribution in [0.3, 0.4) is 0 Å². The summed E-state index contributed by atoms with van der Waals surface area (Å²) in [6.07, 6.45) is 11.3. The number of amides is 6. The van der Waals surface area contributed by atoms with E-state index in [-0.39, 0.29) is 125 Å². The first-order chi connectivity index (χ1) is 50.6. The van der Waals surface area contributed by atoms with E-state index >= 15 is 0 Å². The van der Waals surface area contributed by atoms with Crippen LogP contribution in [0.15, 0.2) is 76.7 Å². The van der Waals surface area contributed by atoms with Crippen molar-refractivity contribution >= 4 is 94.1 Å². The van der Waals surface area contributed by atoms with Gasteiger partial charge in [0.1, 0.15) is 17.3 Å². The Morgan fingerprint density at radius 2 is 1.09 bits per heavy atom. The number of carbonyl (C=O) groups is 9. The zero-order valence-electron chi connectivity index (χ0n) is 59.3. The summed E-state index contributed by atoms with van der Waals surface area (Å²) in [5.74, 6) is 0.593. The zero-order chi connectivity index (χ0) is 73.0. The molecule has 28 nitrogen and oxygen atoms in total. The Labute approximate surface area is 615 Å². The van der Waals surface area contributed by atoms with Crippen molar-refractivity contribution in [3.8, 4) is 22.5 Å². The number of benzene rings is 3. The summed E-state index contributed by atoms with van der Waals surface area (Å²) in [5.41, 5.74) is 17.7. The van der Waals surface area contributed by atoms with Gasteiger partial charge >= 0.3 is 5.97 Å². The summed E-state index contributed by atoms with van der Waals surface area (Å²) in [7, 11) is 0. The van der Waals surface area contributed by atoms with Crippen LogP contribution in [0.5, 0.6) is 0 Å². The minimum absolute atomic E-state index is 0.00252. The molecule has 10 rings (SSSR count). The molecule has 6 atom stereocenters. The Morgan fingerprint density at radius 1 is 0.558 bits per heavy atom. The number of ether oxygens (including phenoxy) is 4. The highest BCUT2D eigenvalue weighted by atomic mass is 32.2. The normalized spacial score (nSPS) is 19.2. The number of hydrogen-bond donors (Lipinski definition) is 7. The third kappa shape index (κ3) is 23.6. The molecule has 4 aromatic rings. The lowest BCUT2D eigenvalue weighted by Gasteiger charge is -2.29. The molecule has 3 fully saturated rings. The number of ketones is 2. The van der Waals surface area contributed by atoms with Crippen LogP contribution >= 0.6 is 23.5 Å². The maximum absolute atomic E-state index is 14.6. The van der Waals surface area contributed by atoms with Crippen LogP contribution in [0.1, 0.15) is 155 Å². The quantitative estimate of drug-likeness (QED) is 0.0210. The highest BCUT2D eigenvalue weighted by molar-refractivity contribution is 8.00. The Balaban J connectivity index is 0.667. The molecule has 3 aromatic carbocycles. The summed E-state index contributed by atoms with van der Waals surface area (Å²) < 4.78 is 24.4. The van der Waals surface area contributed by atoms with E-state index in [0.717, 1.165) is 92.4 Å². The van der Waals surface area contributed by atoms with Gasteiger partial charge in [-0.3, -0.25) is 38.4 Å². The van der Waals surface area contributed by atoms with Crippen molar-refractivity contribution in [1.82, 2.24) is 46.6 Å². The summed E-state index contributed by atoms with van der Waals surface area (Å²) in [6, 6.07) is 21.6. The average molecular weight is 1470 g/mol. The molecule has 0 radical (unpaired) electrons. The molecule has 0 bridgehead atoms. The van der Waals surface area contributed by atoms with Gasteiger partial charge in [-0.15, -0.1) is 10.2 Å². The average Bonchev–Trinajstić information content (AvgIpc) is 1.57. The first-order valence-corrected chi connectivity index (χ1v) is 38.9. The molecule has 6 unspecified atom stereocenters. The number of Topliss-reactive ketones (excluding diaryl/α,β-unsaturated/α-hetero) is 2. The fourth-order valence-corrected chi connectivity index (χ4v) is 16.7. The number of carbonyl (C=O) groups excluding carboxylic acids is 9. The molecule has 6 amide bonds. The smallest absolute Gasteiger partial charge is 0.335 e. The number of rotatable bonds is 46. The van der Waals surface area contributed by atoms with E-state index in [1.54, 1.807) is 21.7 Å². The van der Waals surface area contributed by atoms with Crippen molar-refractivity contribution in [2.24, 2.45) is 21.5 Å². The molecule has 9 N–H and O–H groups in total. The fourth-order valence-electron chi connectivity index (χ4n) is 13.7. The number of nitrogens with zero attached hydrogens (tertiary/aromatic N) is 7. The number of hydroxylamine groups is 2. The predicted molar refractivity (Wildman–Crippen MR) is 395 cm³/mol. The lowest BCUT2D eigenvalue weighted by Crippen LogP contribution is -2.38. The van der Waals surface area contributed by atoms with Crippen molar-refractivity contribution in [3.05, 3.63) is 89.0 Å². The third-order valence-corrected chi connectivity index (χ3v) is 22.0. The van der Waals surface area contributed by atoms with Gasteiger partial charge in [0.25, 0.3) is 17.7 Å². The molecule has 6 aliphatic heterocycles. The van der Waals surface area contributed by atoms with Crippen LogP contribution in [-0.2, 0) is 88.1 Å². The number of imide groups is 1. The predicted octanol–water partition coefficient (Wildman–Crippen LogP) is 5.58. The van der Waals surface area contributed by atoms with E-state index < -0.39 is 23.7 Å². The Bertz CT molecular complexity index is 3560. The van der Waals surface area contributed by atoms with Gasteiger partial charge in [-0.05, 0) is 86.3 Å². The molecule has 1 aromatic heterocycles. The van der Waals surface area contributed by atoms with E-state index in [4.69, 9.17) is 35.3 Å². The molecule has 0 aliphatic carbocycles. The number of anilines is 1. The molecule has 104 heavy (non-hydrogen) atoms. The molecule has 30 heteroatoms. The monoisotopic (exact) mass is 1470 g/mol. The zero-order valence-corrected chi connectivity index (χ0v) is 60.9. The summed E-state index contributed by atoms with van der Waals surface area (Å²) in [5, 5.41) is 26.1. The molecule has 6 aliphatic rings. The minimum atomic E-state index is -0.734. The second kappa shape index (κ2) is 40.8. The maximum atomic E-state index is 14.6. The molecule has 3 saturated heterocycles. The van der Waals surface area contributed by atoms with Crippen LogP contribution in [0, 0.1) is 0 Å². The molecule has 0 spiro atoms. The maximum Gasteiger partial charge on any atom is 0.335 e. The lowest BCUT2D eigenvalue weighted by molar-refractivity contribution is -0.198. The standard InChI is InChI=1S/C74H100N14O14S2/c75-73-80-57-47-103-60(69(57)82-73)21-9-11-23-62(91)77-29-13-1-3-16-53(89)44-49-41-50(45-54(90)17-4-2-14-30-78-63(92)24-12-10-22-61-70-58(48-104-61)81-74(76)83-70)43-52(42-49)72(97)79-31-27-64(93)86-46-51-15-5-6-18-55(51)68-71(56-19-7-8-20-59(56)86)87(85-84-68)32-34-99-36-38-101-40-39-100-37-35-98-33-28-67(96)102-88-65(94)25-26-66(88)95/h5-8,15,18-20,41-43,57-58,60-61,69-70H,1-4,9-14,16-17,21-40,44-48H2,(H,77,91)(H,78,92)(H,79,97)(H3,75,80,82)(H3,76,81,83). The number of unbranched alkanes of at least 4 members (excludes halogenated alkanes) is 6. The van der Waals surface area contributed by atoms with Gasteiger partial charge < -0.3 is 66.7 Å². The SMILES string of the molecule is NC1=NC2C(CSC2CCCCC(=O)NCCCCCC(=O)Cc2cc(CC(=O)CCCCCNC(=O)CCCCC3SCC4NC(N)=NC43)cc(C(=O)NCCC(=O)N3Cc4ccccc4-c4nnn(CCOCCOCCOCCOCCC(=O)ON5C(=O)CCC5=O)c4-c4ccccc43)c2)N1. The number of thioether (sulfide) groups is 2. The number of guanidine groups is 2. The van der Waals surface area contributed by atoms with Gasteiger partial charge in [0.05, 0.1) is 108 Å². The van der Waals surface area contributed by atoms with Gasteiger partial charge in [-0.2, -0.15) is 23.5 Å². The summed E-state index contributed by atoms with van der Waals surface area (Å²) in [4.78, 5) is 132. The number of para-hydroxylation sites is 1. The first kappa shape index (κ1) is 78.3. The van der Waals surface area contributed by atoms with Gasteiger partial charge in [0.2, 0.25) is 17.7 Å². The van der Waals surface area contributed by atoms with Gasteiger partial charge in [-0.1, -0.05) is 79.4 Å². The topological polar surface area (TPSA) is 374 Å². The first-order valence-electron chi connectivity index (χ1n) is 36.8. The van der Waals surface area contributed by atoms with Crippen molar-refractivity contribution < 1.29 is 66.9 Å². The molecule has 7 heterocycles. The van der Waals surface area contributed by atoms with E-state index in [1.165, 1.54) is 0 Å². The van der Waals surface area contributed by atoms with E-state index in [0.29, 0.717) is 152 Å². The lowest BCUT2D eigenvalue weighted by atomic mass is 9.95. The largest absolute Gasteiger partial charge is 0.378 e. The highest BCUT2D eigenvalue weighted by Gasteiger charge is 2.42. The Hall–Kier alpha value is -8.29. The molecular weight excluding hydrogens is 1370 g/mol. The van der Waals surface area contributed by atoms with E-state index in [2.05, 4.69) is 46.9 Å².